The van der Waals surface area contributed by atoms with Crippen molar-refractivity contribution >= 4 is 11.6 Å². The van der Waals surface area contributed by atoms with Crippen LogP contribution in [-0.4, -0.2) is 16.3 Å². The van der Waals surface area contributed by atoms with Crippen molar-refractivity contribution in [2.24, 2.45) is 7.05 Å². The summed E-state index contributed by atoms with van der Waals surface area (Å²) in [4.78, 5) is 0. The van der Waals surface area contributed by atoms with Crippen LogP contribution in [0.2, 0.25) is 5.02 Å². The Labute approximate surface area is 113 Å². The van der Waals surface area contributed by atoms with E-state index in [1.54, 1.807) is 0 Å². The van der Waals surface area contributed by atoms with Crippen molar-refractivity contribution in [3.05, 3.63) is 52.8 Å². The van der Waals surface area contributed by atoms with Crippen LogP contribution in [0.25, 0.3) is 0 Å². The summed E-state index contributed by atoms with van der Waals surface area (Å²) in [6.45, 7) is 3.09. The number of benzene rings is 1. The smallest absolute Gasteiger partial charge is 0.0492 e. The maximum absolute atomic E-state index is 5.88. The van der Waals surface area contributed by atoms with Crippen LogP contribution in [-0.2, 0) is 13.5 Å². The van der Waals surface area contributed by atoms with Crippen molar-refractivity contribution in [3.63, 3.8) is 0 Å². The molecule has 0 unspecified atom stereocenters. The lowest BCUT2D eigenvalue weighted by molar-refractivity contribution is 0.564. The molecule has 0 radical (unpaired) electrons. The first kappa shape index (κ1) is 13.1. The highest BCUT2D eigenvalue weighted by Crippen LogP contribution is 2.15. The van der Waals surface area contributed by atoms with Crippen LogP contribution in [0.4, 0.5) is 0 Å². The number of halogens is 1. The lowest BCUT2D eigenvalue weighted by atomic mass is 10.1. The number of rotatable bonds is 5. The number of nitrogens with zero attached hydrogens (tertiary/aromatic N) is 2. The van der Waals surface area contributed by atoms with Gasteiger partial charge in [-0.1, -0.05) is 23.7 Å². The van der Waals surface area contributed by atoms with Gasteiger partial charge < -0.3 is 5.32 Å². The van der Waals surface area contributed by atoms with Gasteiger partial charge in [0.25, 0.3) is 0 Å². The average molecular weight is 264 g/mol. The minimum atomic E-state index is 0.329. The third kappa shape index (κ3) is 3.34. The largest absolute Gasteiger partial charge is 0.310 e. The molecule has 1 atom stereocenters. The molecule has 0 saturated heterocycles. The Morgan fingerprint density at radius 3 is 2.61 bits per heavy atom. The quantitative estimate of drug-likeness (QED) is 0.899. The molecule has 0 fully saturated rings. The molecule has 2 rings (SSSR count). The van der Waals surface area contributed by atoms with Gasteiger partial charge in [-0.2, -0.15) is 5.10 Å². The Morgan fingerprint density at radius 1 is 1.28 bits per heavy atom. The Kier molecular flexibility index (Phi) is 4.39. The van der Waals surface area contributed by atoms with E-state index in [9.17, 15) is 0 Å². The Bertz CT molecular complexity index is 490. The first-order chi connectivity index (χ1) is 8.66. The van der Waals surface area contributed by atoms with Crippen LogP contribution in [0.1, 0.15) is 24.2 Å². The number of aryl methyl sites for hydroxylation is 1. The predicted octanol–water partition coefficient (Wildman–Crippen LogP) is 2.97. The van der Waals surface area contributed by atoms with Gasteiger partial charge in [0.15, 0.2) is 0 Å². The summed E-state index contributed by atoms with van der Waals surface area (Å²) in [7, 11) is 1.97. The topological polar surface area (TPSA) is 29.9 Å². The molecule has 2 aromatic rings. The highest BCUT2D eigenvalue weighted by molar-refractivity contribution is 6.30. The molecule has 96 valence electrons. The van der Waals surface area contributed by atoms with E-state index in [1.165, 1.54) is 11.3 Å². The van der Waals surface area contributed by atoms with Crippen LogP contribution in [0.5, 0.6) is 0 Å². The Morgan fingerprint density at radius 2 is 2.00 bits per heavy atom. The summed E-state index contributed by atoms with van der Waals surface area (Å²) in [6.07, 6.45) is 2.81. The number of aromatic nitrogens is 2. The zero-order chi connectivity index (χ0) is 13.0. The molecule has 0 aliphatic carbocycles. The summed E-state index contributed by atoms with van der Waals surface area (Å²) < 4.78 is 1.91. The molecule has 1 aromatic heterocycles. The molecule has 18 heavy (non-hydrogen) atoms. The maximum Gasteiger partial charge on any atom is 0.0492 e. The van der Waals surface area contributed by atoms with E-state index in [4.69, 9.17) is 11.6 Å². The third-order valence-corrected chi connectivity index (χ3v) is 3.38. The van der Waals surface area contributed by atoms with Crippen molar-refractivity contribution in [1.29, 1.82) is 0 Å². The zero-order valence-corrected chi connectivity index (χ0v) is 11.5. The van der Waals surface area contributed by atoms with Gasteiger partial charge in [0.2, 0.25) is 0 Å². The lowest BCUT2D eigenvalue weighted by Gasteiger charge is -2.14. The standard InChI is InChI=1S/C14H18ClN3/c1-11(12-3-5-13(15)6-4-12)16-9-7-14-8-10-17-18(14)2/h3-6,8,10-11,16H,7,9H2,1-2H3/t11-/m1/s1. The van der Waals surface area contributed by atoms with E-state index in [-0.39, 0.29) is 0 Å². The van der Waals surface area contributed by atoms with Crippen molar-refractivity contribution < 1.29 is 0 Å². The number of hydrogen-bond acceptors (Lipinski definition) is 2. The molecule has 4 heteroatoms. The monoisotopic (exact) mass is 263 g/mol. The van der Waals surface area contributed by atoms with Crippen molar-refractivity contribution in [1.82, 2.24) is 15.1 Å². The van der Waals surface area contributed by atoms with Crippen molar-refractivity contribution in [3.8, 4) is 0 Å². The van der Waals surface area contributed by atoms with Gasteiger partial charge in [-0.05, 0) is 30.7 Å². The SMILES string of the molecule is C[C@@H](NCCc1ccnn1C)c1ccc(Cl)cc1. The van der Waals surface area contributed by atoms with Crippen LogP contribution in [0, 0.1) is 0 Å². The van der Waals surface area contributed by atoms with Crippen LogP contribution in [0.3, 0.4) is 0 Å². The van der Waals surface area contributed by atoms with Crippen molar-refractivity contribution in [2.45, 2.75) is 19.4 Å². The molecule has 0 aliphatic rings. The number of nitrogens with one attached hydrogen (secondary N) is 1. The second kappa shape index (κ2) is 6.03. The first-order valence-electron chi connectivity index (χ1n) is 6.12. The summed E-state index contributed by atoms with van der Waals surface area (Å²) in [5.41, 5.74) is 2.50. The predicted molar refractivity (Wildman–Crippen MR) is 74.8 cm³/mol. The molecule has 1 heterocycles. The fourth-order valence-electron chi connectivity index (χ4n) is 1.93. The van der Waals surface area contributed by atoms with E-state index in [2.05, 4.69) is 35.5 Å². The van der Waals surface area contributed by atoms with E-state index in [1.807, 2.05) is 30.1 Å². The van der Waals surface area contributed by atoms with E-state index in [0.717, 1.165) is 18.0 Å². The van der Waals surface area contributed by atoms with Gasteiger partial charge in [0.05, 0.1) is 0 Å². The molecular formula is C14H18ClN3. The number of hydrogen-bond donors (Lipinski definition) is 1. The molecule has 0 aliphatic heterocycles. The summed E-state index contributed by atoms with van der Waals surface area (Å²) in [6, 6.07) is 10.4. The molecule has 0 bridgehead atoms. The molecule has 0 amide bonds. The normalized spacial score (nSPS) is 12.6. The summed E-state index contributed by atoms with van der Waals surface area (Å²) in [5.74, 6) is 0. The lowest BCUT2D eigenvalue weighted by Crippen LogP contribution is -2.22. The van der Waals surface area contributed by atoms with Crippen LogP contribution >= 0.6 is 11.6 Å². The van der Waals surface area contributed by atoms with Gasteiger partial charge in [-0.25, -0.2) is 0 Å². The highest BCUT2D eigenvalue weighted by Gasteiger charge is 2.05. The van der Waals surface area contributed by atoms with Gasteiger partial charge in [0, 0.05) is 43.0 Å². The molecule has 1 aromatic carbocycles. The Hall–Kier alpha value is -1.32. The molecule has 3 nitrogen and oxygen atoms in total. The Balaban J connectivity index is 1.83. The maximum atomic E-state index is 5.88. The van der Waals surface area contributed by atoms with E-state index in [0.29, 0.717) is 6.04 Å². The fourth-order valence-corrected chi connectivity index (χ4v) is 2.06. The molecule has 0 spiro atoms. The zero-order valence-electron chi connectivity index (χ0n) is 10.7. The first-order valence-corrected chi connectivity index (χ1v) is 6.50. The van der Waals surface area contributed by atoms with Gasteiger partial charge in [-0.3, -0.25) is 4.68 Å². The van der Waals surface area contributed by atoms with Crippen molar-refractivity contribution in [2.75, 3.05) is 6.54 Å². The van der Waals surface area contributed by atoms with E-state index >= 15 is 0 Å². The van der Waals surface area contributed by atoms with Gasteiger partial charge in [0.1, 0.15) is 0 Å². The van der Waals surface area contributed by atoms with Gasteiger partial charge >= 0.3 is 0 Å². The van der Waals surface area contributed by atoms with Gasteiger partial charge in [-0.15, -0.1) is 0 Å². The minimum Gasteiger partial charge on any atom is -0.310 e. The molecule has 0 saturated carbocycles. The highest BCUT2D eigenvalue weighted by atomic mass is 35.5. The van der Waals surface area contributed by atoms with Crippen LogP contribution in [0.15, 0.2) is 36.5 Å². The second-order valence-corrected chi connectivity index (χ2v) is 4.86. The molecular weight excluding hydrogens is 246 g/mol. The summed E-state index contributed by atoms with van der Waals surface area (Å²) >= 11 is 5.88. The molecule has 1 N–H and O–H groups in total. The average Bonchev–Trinajstić information content (AvgIpc) is 2.76. The second-order valence-electron chi connectivity index (χ2n) is 4.42. The van der Waals surface area contributed by atoms with E-state index < -0.39 is 0 Å². The fraction of sp³-hybridized carbons (Fsp3) is 0.357. The van der Waals surface area contributed by atoms with Crippen LogP contribution < -0.4 is 5.32 Å². The third-order valence-electron chi connectivity index (χ3n) is 3.12. The summed E-state index contributed by atoms with van der Waals surface area (Å²) in [5, 5.41) is 8.43. The minimum absolute atomic E-state index is 0.329.